The Bertz CT molecular complexity index is 625. The molecule has 3 rings (SSSR count). The van der Waals surface area contributed by atoms with Gasteiger partial charge in [0.1, 0.15) is 6.34 Å². The van der Waals surface area contributed by atoms with E-state index >= 15 is 0 Å². The molecule has 1 aromatic rings. The summed E-state index contributed by atoms with van der Waals surface area (Å²) in [6, 6.07) is 6.00. The molecular weight excluding hydrogens is 320 g/mol. The number of hydrazine groups is 1. The summed E-state index contributed by atoms with van der Waals surface area (Å²) in [5.41, 5.74) is 0. The van der Waals surface area contributed by atoms with Gasteiger partial charge in [0.2, 0.25) is 11.7 Å². The van der Waals surface area contributed by atoms with Crippen molar-refractivity contribution in [1.82, 2.24) is 10.0 Å². The van der Waals surface area contributed by atoms with Crippen molar-refractivity contribution in [3.05, 3.63) is 18.2 Å². The highest BCUT2D eigenvalue weighted by molar-refractivity contribution is 5.92. The Morgan fingerprint density at radius 3 is 2.64 bits per heavy atom. The number of aliphatic imine (C=N–C) groups is 2. The number of nitrogens with zero attached hydrogens (tertiary/aromatic N) is 4. The van der Waals surface area contributed by atoms with Gasteiger partial charge in [-0.05, 0) is 38.3 Å². The van der Waals surface area contributed by atoms with Crippen LogP contribution in [0.15, 0.2) is 28.2 Å². The van der Waals surface area contributed by atoms with Crippen molar-refractivity contribution in [3.8, 4) is 17.2 Å². The first-order valence-electron chi connectivity index (χ1n) is 8.73. The molecule has 1 unspecified atom stereocenters. The second-order valence-corrected chi connectivity index (χ2v) is 6.14. The Morgan fingerprint density at radius 2 is 1.92 bits per heavy atom. The molecule has 2 aliphatic rings. The van der Waals surface area contributed by atoms with E-state index in [1.807, 2.05) is 24.5 Å². The molecule has 136 valence electrons. The summed E-state index contributed by atoms with van der Waals surface area (Å²) < 4.78 is 16.6. The SMILES string of the molecule is COc1cccc(OC)c1OCCCCN1C=NC2=NC(C)CCN21. The molecule has 0 spiro atoms. The van der Waals surface area contributed by atoms with Crippen LogP contribution in [-0.2, 0) is 0 Å². The smallest absolute Gasteiger partial charge is 0.241 e. The van der Waals surface area contributed by atoms with E-state index in [1.165, 1.54) is 0 Å². The number of para-hydroxylation sites is 1. The van der Waals surface area contributed by atoms with E-state index in [4.69, 9.17) is 14.2 Å². The fourth-order valence-electron chi connectivity index (χ4n) is 2.95. The van der Waals surface area contributed by atoms with Crippen molar-refractivity contribution in [2.45, 2.75) is 32.2 Å². The third kappa shape index (κ3) is 3.97. The molecule has 0 saturated heterocycles. The predicted octanol–water partition coefficient (Wildman–Crippen LogP) is 2.57. The van der Waals surface area contributed by atoms with Crippen LogP contribution in [0.2, 0.25) is 0 Å². The molecule has 7 heteroatoms. The van der Waals surface area contributed by atoms with Gasteiger partial charge in [-0.15, -0.1) is 0 Å². The predicted molar refractivity (Wildman–Crippen MR) is 97.7 cm³/mol. The summed E-state index contributed by atoms with van der Waals surface area (Å²) in [7, 11) is 3.26. The van der Waals surface area contributed by atoms with Crippen LogP contribution in [0.1, 0.15) is 26.2 Å². The molecule has 2 heterocycles. The van der Waals surface area contributed by atoms with Crippen molar-refractivity contribution < 1.29 is 14.2 Å². The number of hydrogen-bond donors (Lipinski definition) is 0. The number of methoxy groups -OCH3 is 2. The second-order valence-electron chi connectivity index (χ2n) is 6.14. The number of ether oxygens (including phenoxy) is 3. The van der Waals surface area contributed by atoms with E-state index in [2.05, 4.69) is 26.9 Å². The van der Waals surface area contributed by atoms with Gasteiger partial charge in [-0.25, -0.2) is 9.98 Å². The molecule has 1 aromatic carbocycles. The molecule has 0 aliphatic carbocycles. The summed E-state index contributed by atoms with van der Waals surface area (Å²) in [5.74, 6) is 2.88. The van der Waals surface area contributed by atoms with Gasteiger partial charge >= 0.3 is 0 Å². The number of hydrogen-bond acceptors (Lipinski definition) is 7. The van der Waals surface area contributed by atoms with Crippen molar-refractivity contribution in [3.63, 3.8) is 0 Å². The van der Waals surface area contributed by atoms with E-state index in [9.17, 15) is 0 Å². The topological polar surface area (TPSA) is 58.9 Å². The van der Waals surface area contributed by atoms with Gasteiger partial charge < -0.3 is 14.2 Å². The molecular formula is C18H26N4O3. The van der Waals surface area contributed by atoms with Crippen LogP contribution in [0.5, 0.6) is 17.2 Å². The first-order chi connectivity index (χ1) is 12.2. The number of fused-ring (bicyclic) bond motifs is 1. The van der Waals surface area contributed by atoms with Gasteiger partial charge in [0.05, 0.1) is 26.9 Å². The molecule has 0 saturated carbocycles. The highest BCUT2D eigenvalue weighted by Crippen LogP contribution is 2.36. The summed E-state index contributed by atoms with van der Waals surface area (Å²) in [5, 5.41) is 4.30. The summed E-state index contributed by atoms with van der Waals surface area (Å²) in [6.07, 6.45) is 4.88. The fraction of sp³-hybridized carbons (Fsp3) is 0.556. The lowest BCUT2D eigenvalue weighted by atomic mass is 10.2. The van der Waals surface area contributed by atoms with Gasteiger partial charge in [-0.2, -0.15) is 0 Å². The van der Waals surface area contributed by atoms with E-state index in [0.717, 1.165) is 38.3 Å². The van der Waals surface area contributed by atoms with Gasteiger partial charge in [-0.1, -0.05) is 6.07 Å². The van der Waals surface area contributed by atoms with E-state index in [0.29, 0.717) is 29.9 Å². The maximum atomic E-state index is 5.90. The molecule has 25 heavy (non-hydrogen) atoms. The van der Waals surface area contributed by atoms with Gasteiger partial charge in [-0.3, -0.25) is 10.0 Å². The number of rotatable bonds is 8. The van der Waals surface area contributed by atoms with Crippen LogP contribution < -0.4 is 14.2 Å². The van der Waals surface area contributed by atoms with Crippen molar-refractivity contribution in [2.24, 2.45) is 9.98 Å². The third-order valence-electron chi connectivity index (χ3n) is 4.35. The van der Waals surface area contributed by atoms with E-state index < -0.39 is 0 Å². The summed E-state index contributed by atoms with van der Waals surface area (Å²) in [6.45, 7) is 4.63. The Labute approximate surface area is 148 Å². The highest BCUT2D eigenvalue weighted by atomic mass is 16.5. The highest BCUT2D eigenvalue weighted by Gasteiger charge is 2.26. The first kappa shape index (κ1) is 17.4. The molecule has 0 N–H and O–H groups in total. The number of guanidine groups is 1. The number of benzene rings is 1. The average Bonchev–Trinajstić information content (AvgIpc) is 3.03. The maximum absolute atomic E-state index is 5.90. The van der Waals surface area contributed by atoms with Gasteiger partial charge in [0, 0.05) is 13.1 Å². The number of unbranched alkanes of at least 4 members (excludes halogenated alkanes) is 1. The second kappa shape index (κ2) is 8.09. The molecule has 0 amide bonds. The lowest BCUT2D eigenvalue weighted by molar-refractivity contribution is 0.130. The molecule has 7 nitrogen and oxygen atoms in total. The molecule has 1 atom stereocenters. The van der Waals surface area contributed by atoms with Crippen LogP contribution >= 0.6 is 0 Å². The van der Waals surface area contributed by atoms with Crippen molar-refractivity contribution in [1.29, 1.82) is 0 Å². The lowest BCUT2D eigenvalue weighted by Gasteiger charge is -2.32. The Hall–Kier alpha value is -2.44. The molecule has 0 aromatic heterocycles. The van der Waals surface area contributed by atoms with Crippen LogP contribution in [0.25, 0.3) is 0 Å². The van der Waals surface area contributed by atoms with Crippen molar-refractivity contribution >= 4 is 12.3 Å². The first-order valence-corrected chi connectivity index (χ1v) is 8.73. The standard InChI is InChI=1S/C18H26N4O3/c1-14-9-11-22-18(20-14)19-13-21(22)10-4-5-12-25-17-15(23-2)7-6-8-16(17)24-3/h6-8,13-14H,4-5,9-12H2,1-3H3. The average molecular weight is 346 g/mol. The minimum absolute atomic E-state index is 0.368. The van der Waals surface area contributed by atoms with Crippen LogP contribution in [-0.4, -0.2) is 62.3 Å². The fourth-order valence-corrected chi connectivity index (χ4v) is 2.95. The van der Waals surface area contributed by atoms with Gasteiger partial charge in [0.15, 0.2) is 11.5 Å². The zero-order chi connectivity index (χ0) is 17.6. The summed E-state index contributed by atoms with van der Waals surface area (Å²) in [4.78, 5) is 8.96. The monoisotopic (exact) mass is 346 g/mol. The molecule has 2 aliphatic heterocycles. The zero-order valence-corrected chi connectivity index (χ0v) is 15.1. The third-order valence-corrected chi connectivity index (χ3v) is 4.35. The quantitative estimate of drug-likeness (QED) is 0.677. The molecule has 0 bridgehead atoms. The molecule has 0 fully saturated rings. The van der Waals surface area contributed by atoms with Crippen LogP contribution in [0, 0.1) is 0 Å². The Kier molecular flexibility index (Phi) is 5.63. The van der Waals surface area contributed by atoms with Gasteiger partial charge in [0.25, 0.3) is 0 Å². The van der Waals surface area contributed by atoms with Crippen LogP contribution in [0.3, 0.4) is 0 Å². The molecule has 0 radical (unpaired) electrons. The maximum Gasteiger partial charge on any atom is 0.241 e. The minimum Gasteiger partial charge on any atom is -0.493 e. The normalized spacial score (nSPS) is 18.8. The van der Waals surface area contributed by atoms with Crippen LogP contribution in [0.4, 0.5) is 0 Å². The van der Waals surface area contributed by atoms with E-state index in [1.54, 1.807) is 14.2 Å². The van der Waals surface area contributed by atoms with Crippen molar-refractivity contribution in [2.75, 3.05) is 33.9 Å². The van der Waals surface area contributed by atoms with E-state index in [-0.39, 0.29) is 0 Å². The Morgan fingerprint density at radius 1 is 1.16 bits per heavy atom. The lowest BCUT2D eigenvalue weighted by Crippen LogP contribution is -2.44. The largest absolute Gasteiger partial charge is 0.493 e. The Balaban J connectivity index is 1.44. The minimum atomic E-state index is 0.368. The summed E-state index contributed by atoms with van der Waals surface area (Å²) >= 11 is 0. The zero-order valence-electron chi connectivity index (χ0n) is 15.1.